The van der Waals surface area contributed by atoms with E-state index in [0.717, 1.165) is 0 Å². The van der Waals surface area contributed by atoms with E-state index in [4.69, 9.17) is 0 Å². The fourth-order valence-corrected chi connectivity index (χ4v) is 10.1. The van der Waals surface area contributed by atoms with Crippen molar-refractivity contribution >= 4 is 9.16 Å². The van der Waals surface area contributed by atoms with E-state index < -0.39 is 9.16 Å². The van der Waals surface area contributed by atoms with Crippen LogP contribution in [0.2, 0.25) is 0 Å². The van der Waals surface area contributed by atoms with Crippen LogP contribution in [0.25, 0.3) is 0 Å². The van der Waals surface area contributed by atoms with Crippen molar-refractivity contribution in [3.05, 3.63) is 0 Å². The van der Waals surface area contributed by atoms with Gasteiger partial charge in [-0.3, -0.25) is 9.16 Å². The van der Waals surface area contributed by atoms with Gasteiger partial charge in [-0.25, -0.2) is 0 Å². The maximum Gasteiger partial charge on any atom is 0.0425 e. The van der Waals surface area contributed by atoms with Crippen LogP contribution in [0, 0.1) is 0 Å². The van der Waals surface area contributed by atoms with Crippen LogP contribution in [0.3, 0.4) is 0 Å². The lowest BCUT2D eigenvalue weighted by Gasteiger charge is -2.39. The number of thiol groups is 1. The first kappa shape index (κ1) is 7.93. The third kappa shape index (κ3) is 0.642. The van der Waals surface area contributed by atoms with Crippen molar-refractivity contribution in [1.82, 2.24) is 5.32 Å². The van der Waals surface area contributed by atoms with E-state index >= 15 is 0 Å². The summed E-state index contributed by atoms with van der Waals surface area (Å²) in [6.07, 6.45) is 3.99. The molecule has 0 aromatic rings. The van der Waals surface area contributed by atoms with Gasteiger partial charge in [-0.15, -0.1) is 0 Å². The number of hydrogen-bond acceptors (Lipinski definition) is 1. The van der Waals surface area contributed by atoms with Gasteiger partial charge >= 0.3 is 0 Å². The van der Waals surface area contributed by atoms with Gasteiger partial charge in [-0.1, -0.05) is 13.8 Å². The minimum absolute atomic E-state index is 0.667. The molecule has 0 radical (unpaired) electrons. The van der Waals surface area contributed by atoms with Crippen molar-refractivity contribution in [2.75, 3.05) is 30.1 Å². The molecule has 2 rings (SSSR count). The third-order valence-electron chi connectivity index (χ3n) is 4.68. The standard InChI is InChI=1S/C9H21NS/c1-4-9-8-11(9,3,5-2)7-6-10-9/h10-11H,4-8H2,1-3H3/t9-/m0/s1. The summed E-state index contributed by atoms with van der Waals surface area (Å²) >= 11 is 0. The van der Waals surface area contributed by atoms with Gasteiger partial charge in [0.25, 0.3) is 0 Å². The Balaban J connectivity index is 2.31. The Morgan fingerprint density at radius 3 is 2.55 bits per heavy atom. The first-order chi connectivity index (χ1) is 5.09. The molecule has 2 saturated heterocycles. The SMILES string of the molecule is CC[C@@]12C[SH]1(C)(CC)CCN2. The van der Waals surface area contributed by atoms with E-state index in [9.17, 15) is 0 Å². The fraction of sp³-hybridized carbons (Fsp3) is 1.00. The summed E-state index contributed by atoms with van der Waals surface area (Å²) in [5, 5.41) is 3.75. The molecule has 0 amide bonds. The second-order valence-electron chi connectivity index (χ2n) is 4.83. The number of rotatable bonds is 2. The highest BCUT2D eigenvalue weighted by atomic mass is 32.3. The Morgan fingerprint density at radius 1 is 1.45 bits per heavy atom. The van der Waals surface area contributed by atoms with E-state index in [1.54, 1.807) is 5.75 Å². The summed E-state index contributed by atoms with van der Waals surface area (Å²) in [6.45, 7) is 6.06. The Bertz CT molecular complexity index is 206. The van der Waals surface area contributed by atoms with Crippen molar-refractivity contribution in [1.29, 1.82) is 0 Å². The minimum Gasteiger partial charge on any atom is -0.304 e. The van der Waals surface area contributed by atoms with Gasteiger partial charge in [0.2, 0.25) is 0 Å². The molecular weight excluding hydrogens is 154 g/mol. The molecule has 0 saturated carbocycles. The molecule has 2 heteroatoms. The summed E-state index contributed by atoms with van der Waals surface area (Å²) in [6, 6.07) is 0. The summed E-state index contributed by atoms with van der Waals surface area (Å²) in [4.78, 5) is 0.667. The lowest BCUT2D eigenvalue weighted by molar-refractivity contribution is 0.572. The van der Waals surface area contributed by atoms with Gasteiger partial charge in [-0.05, 0) is 29.9 Å². The Morgan fingerprint density at radius 2 is 2.18 bits per heavy atom. The van der Waals surface area contributed by atoms with E-state index in [2.05, 4.69) is 25.4 Å². The molecule has 0 aromatic heterocycles. The molecule has 0 unspecified atom stereocenters. The van der Waals surface area contributed by atoms with Crippen molar-refractivity contribution in [2.24, 2.45) is 0 Å². The fourth-order valence-electron chi connectivity index (χ4n) is 3.24. The first-order valence-electron chi connectivity index (χ1n) is 4.84. The van der Waals surface area contributed by atoms with E-state index in [-0.39, 0.29) is 0 Å². The molecule has 1 nitrogen and oxygen atoms in total. The Kier molecular flexibility index (Phi) is 1.29. The van der Waals surface area contributed by atoms with Gasteiger partial charge in [0, 0.05) is 11.4 Å². The Hall–Kier alpha value is 0.310. The lowest BCUT2D eigenvalue weighted by atomic mass is 10.3. The molecular formula is C9H21NS. The van der Waals surface area contributed by atoms with Gasteiger partial charge in [0.15, 0.2) is 0 Å². The van der Waals surface area contributed by atoms with Crippen LogP contribution in [0.5, 0.6) is 0 Å². The molecule has 1 N–H and O–H groups in total. The maximum atomic E-state index is 3.75. The zero-order chi connectivity index (χ0) is 8.19. The minimum atomic E-state index is -1.12. The summed E-state index contributed by atoms with van der Waals surface area (Å²) in [5.74, 6) is 4.55. The molecule has 2 aliphatic rings. The molecule has 11 heavy (non-hydrogen) atoms. The maximum absolute atomic E-state index is 3.75. The van der Waals surface area contributed by atoms with Crippen molar-refractivity contribution in [3.63, 3.8) is 0 Å². The molecule has 0 bridgehead atoms. The molecule has 0 aliphatic carbocycles. The van der Waals surface area contributed by atoms with Crippen LogP contribution >= 0.6 is 9.16 Å². The smallest absolute Gasteiger partial charge is 0.0425 e. The quantitative estimate of drug-likeness (QED) is 0.478. The molecule has 2 aliphatic heterocycles. The lowest BCUT2D eigenvalue weighted by Crippen LogP contribution is -2.29. The third-order valence-corrected chi connectivity index (χ3v) is 12.4. The average Bonchev–Trinajstić information content (AvgIpc) is 2.45. The molecule has 2 fully saturated rings. The van der Waals surface area contributed by atoms with E-state index in [1.807, 2.05) is 0 Å². The average molecular weight is 175 g/mol. The number of nitrogens with one attached hydrogen (secondary N) is 1. The highest BCUT2D eigenvalue weighted by Crippen LogP contribution is 2.91. The zero-order valence-electron chi connectivity index (χ0n) is 7.98. The van der Waals surface area contributed by atoms with Crippen LogP contribution in [0.4, 0.5) is 0 Å². The normalized spacial score (nSPS) is 47.4. The van der Waals surface area contributed by atoms with Crippen molar-refractivity contribution in [3.8, 4) is 0 Å². The van der Waals surface area contributed by atoms with E-state index in [0.29, 0.717) is 4.87 Å². The van der Waals surface area contributed by atoms with Crippen LogP contribution < -0.4 is 5.32 Å². The Labute approximate surface area is 70.2 Å². The molecule has 0 aromatic carbocycles. The van der Waals surface area contributed by atoms with Gasteiger partial charge in [0.05, 0.1) is 0 Å². The predicted octanol–water partition coefficient (Wildman–Crippen LogP) is 1.43. The van der Waals surface area contributed by atoms with Gasteiger partial charge in [-0.2, -0.15) is 0 Å². The number of hydrogen-bond donors (Lipinski definition) is 2. The van der Waals surface area contributed by atoms with E-state index in [1.165, 1.54) is 24.5 Å². The first-order valence-corrected chi connectivity index (χ1v) is 8.08. The summed E-state index contributed by atoms with van der Waals surface area (Å²) < 4.78 is 0. The second-order valence-corrected chi connectivity index (χ2v) is 11.7. The largest absolute Gasteiger partial charge is 0.304 e. The predicted molar refractivity (Wildman–Crippen MR) is 56.2 cm³/mol. The van der Waals surface area contributed by atoms with Crippen LogP contribution in [-0.4, -0.2) is 34.9 Å². The van der Waals surface area contributed by atoms with Crippen molar-refractivity contribution in [2.45, 2.75) is 25.1 Å². The molecule has 0 spiro atoms. The highest BCUT2D eigenvalue weighted by Gasteiger charge is 2.71. The van der Waals surface area contributed by atoms with Crippen LogP contribution in [-0.2, 0) is 0 Å². The zero-order valence-corrected chi connectivity index (χ0v) is 8.88. The molecule has 1 atom stereocenters. The second kappa shape index (κ2) is 1.80. The van der Waals surface area contributed by atoms with Gasteiger partial charge < -0.3 is 5.32 Å². The highest BCUT2D eigenvalue weighted by molar-refractivity contribution is 8.55. The van der Waals surface area contributed by atoms with Crippen LogP contribution in [0.1, 0.15) is 20.3 Å². The van der Waals surface area contributed by atoms with Gasteiger partial charge in [0.1, 0.15) is 0 Å². The van der Waals surface area contributed by atoms with Crippen molar-refractivity contribution < 1.29 is 0 Å². The molecule has 2 heterocycles. The summed E-state index contributed by atoms with van der Waals surface area (Å²) in [7, 11) is -1.12. The van der Waals surface area contributed by atoms with Crippen LogP contribution in [0.15, 0.2) is 0 Å². The molecule has 68 valence electrons. The topological polar surface area (TPSA) is 12.0 Å². The monoisotopic (exact) mass is 175 g/mol. The number of fused-ring (bicyclic) bond motifs is 1. The summed E-state index contributed by atoms with van der Waals surface area (Å²) in [5.41, 5.74) is 0.